The highest BCUT2D eigenvalue weighted by molar-refractivity contribution is 7.10. The average molecular weight is 293 g/mol. The Morgan fingerprint density at radius 3 is 2.85 bits per heavy atom. The first-order chi connectivity index (χ1) is 9.52. The van der Waals surface area contributed by atoms with Crippen LogP contribution in [-0.4, -0.2) is 23.2 Å². The Kier molecular flexibility index (Phi) is 4.24. The molecule has 0 saturated carbocycles. The molecule has 0 aliphatic carbocycles. The second kappa shape index (κ2) is 5.92. The fraction of sp³-hybridized carbons (Fsp3) is 0.286. The minimum atomic E-state index is -0.508. The van der Waals surface area contributed by atoms with Gasteiger partial charge in [-0.1, -0.05) is 6.07 Å². The van der Waals surface area contributed by atoms with Crippen LogP contribution >= 0.6 is 11.3 Å². The highest BCUT2D eigenvalue weighted by atomic mass is 32.1. The van der Waals surface area contributed by atoms with Crippen molar-refractivity contribution >= 4 is 17.3 Å². The van der Waals surface area contributed by atoms with E-state index in [0.717, 1.165) is 4.88 Å². The van der Waals surface area contributed by atoms with Gasteiger partial charge >= 0.3 is 5.97 Å². The molecule has 0 aliphatic rings. The molecular formula is C14H15NO4S. The predicted molar refractivity (Wildman–Crippen MR) is 76.3 cm³/mol. The molecule has 5 nitrogen and oxygen atoms in total. The van der Waals surface area contributed by atoms with Crippen LogP contribution in [0.5, 0.6) is 5.75 Å². The fourth-order valence-electron chi connectivity index (χ4n) is 2.10. The Morgan fingerprint density at radius 1 is 1.55 bits per heavy atom. The number of carbonyl (C=O) groups is 1. The monoisotopic (exact) mass is 293 g/mol. The van der Waals surface area contributed by atoms with Gasteiger partial charge in [-0.05, 0) is 24.4 Å². The second-order valence-corrected chi connectivity index (χ2v) is 5.41. The Bertz CT molecular complexity index is 660. The van der Waals surface area contributed by atoms with Gasteiger partial charge in [0.15, 0.2) is 0 Å². The third kappa shape index (κ3) is 2.91. The van der Waals surface area contributed by atoms with Crippen molar-refractivity contribution < 1.29 is 14.6 Å². The molecule has 0 bridgehead atoms. The smallest absolute Gasteiger partial charge is 0.306 e. The van der Waals surface area contributed by atoms with Gasteiger partial charge in [-0.15, -0.1) is 11.3 Å². The lowest BCUT2D eigenvalue weighted by Gasteiger charge is -2.15. The number of H-pyrrole nitrogens is 1. The predicted octanol–water partition coefficient (Wildman–Crippen LogP) is 2.15. The summed E-state index contributed by atoms with van der Waals surface area (Å²) in [6, 6.07) is 5.15. The zero-order chi connectivity index (χ0) is 14.7. The molecule has 2 aromatic rings. The molecule has 0 amide bonds. The van der Waals surface area contributed by atoms with Crippen molar-refractivity contribution in [3.63, 3.8) is 0 Å². The van der Waals surface area contributed by atoms with Crippen LogP contribution in [0.3, 0.4) is 0 Å². The minimum absolute atomic E-state index is 0.0106. The summed E-state index contributed by atoms with van der Waals surface area (Å²) >= 11 is 1.43. The summed E-state index contributed by atoms with van der Waals surface area (Å²) in [4.78, 5) is 27.2. The van der Waals surface area contributed by atoms with Crippen LogP contribution in [0.2, 0.25) is 0 Å². The van der Waals surface area contributed by atoms with Crippen molar-refractivity contribution in [3.05, 3.63) is 50.1 Å². The molecule has 6 heteroatoms. The van der Waals surface area contributed by atoms with Crippen LogP contribution in [0.1, 0.15) is 28.5 Å². The highest BCUT2D eigenvalue weighted by Crippen LogP contribution is 2.34. The molecule has 2 heterocycles. The normalized spacial score (nSPS) is 12.1. The van der Waals surface area contributed by atoms with E-state index in [4.69, 9.17) is 0 Å². The van der Waals surface area contributed by atoms with Crippen LogP contribution in [-0.2, 0) is 9.53 Å². The number of methoxy groups -OCH3 is 1. The lowest BCUT2D eigenvalue weighted by Crippen LogP contribution is -2.20. The van der Waals surface area contributed by atoms with Crippen LogP contribution in [0.15, 0.2) is 28.4 Å². The van der Waals surface area contributed by atoms with Crippen LogP contribution in [0, 0.1) is 6.92 Å². The SMILES string of the molecule is COC(=O)CC(c1cccs1)c1c(O)cc(C)[nH]c1=O. The second-order valence-electron chi connectivity index (χ2n) is 4.43. The molecule has 0 aromatic carbocycles. The van der Waals surface area contributed by atoms with Gasteiger partial charge in [-0.3, -0.25) is 9.59 Å². The van der Waals surface area contributed by atoms with Gasteiger partial charge in [0, 0.05) is 16.5 Å². The summed E-state index contributed by atoms with van der Waals surface area (Å²) < 4.78 is 4.68. The molecule has 0 saturated heterocycles. The number of nitrogens with one attached hydrogen (secondary N) is 1. The largest absolute Gasteiger partial charge is 0.507 e. The molecule has 0 fully saturated rings. The van der Waals surface area contributed by atoms with Gasteiger partial charge in [-0.25, -0.2) is 0 Å². The van der Waals surface area contributed by atoms with Gasteiger partial charge in [-0.2, -0.15) is 0 Å². The quantitative estimate of drug-likeness (QED) is 0.846. The van der Waals surface area contributed by atoms with Crippen molar-refractivity contribution in [1.29, 1.82) is 0 Å². The molecule has 2 N–H and O–H groups in total. The average Bonchev–Trinajstić information content (AvgIpc) is 2.89. The van der Waals surface area contributed by atoms with Crippen molar-refractivity contribution in [3.8, 4) is 5.75 Å². The molecule has 1 atom stereocenters. The number of esters is 1. The van der Waals surface area contributed by atoms with E-state index in [0.29, 0.717) is 5.69 Å². The number of rotatable bonds is 4. The topological polar surface area (TPSA) is 79.4 Å². The molecule has 106 valence electrons. The summed E-state index contributed by atoms with van der Waals surface area (Å²) in [5.74, 6) is -1.04. The summed E-state index contributed by atoms with van der Waals surface area (Å²) in [5.41, 5.74) is 0.382. The summed E-state index contributed by atoms with van der Waals surface area (Å²) in [7, 11) is 1.30. The maximum atomic E-state index is 12.1. The number of carbonyl (C=O) groups excluding carboxylic acids is 1. The first kappa shape index (κ1) is 14.3. The molecule has 1 unspecified atom stereocenters. The van der Waals surface area contributed by atoms with E-state index in [1.54, 1.807) is 6.92 Å². The fourth-order valence-corrected chi connectivity index (χ4v) is 2.94. The summed E-state index contributed by atoms with van der Waals surface area (Å²) in [5, 5.41) is 11.9. The molecule has 0 radical (unpaired) electrons. The molecule has 20 heavy (non-hydrogen) atoms. The Morgan fingerprint density at radius 2 is 2.30 bits per heavy atom. The molecular weight excluding hydrogens is 278 g/mol. The Labute approximate surface area is 119 Å². The molecule has 0 aliphatic heterocycles. The van der Waals surface area contributed by atoms with Crippen molar-refractivity contribution in [1.82, 2.24) is 4.98 Å². The number of pyridine rings is 1. The van der Waals surface area contributed by atoms with E-state index in [9.17, 15) is 14.7 Å². The minimum Gasteiger partial charge on any atom is -0.507 e. The third-order valence-corrected chi connectivity index (χ3v) is 4.00. The number of hydrogen-bond acceptors (Lipinski definition) is 5. The maximum absolute atomic E-state index is 12.1. The molecule has 2 aromatic heterocycles. The van der Waals surface area contributed by atoms with E-state index < -0.39 is 11.9 Å². The summed E-state index contributed by atoms with van der Waals surface area (Å²) in [6.45, 7) is 1.69. The lowest BCUT2D eigenvalue weighted by atomic mass is 9.94. The van der Waals surface area contributed by atoms with Gasteiger partial charge in [0.05, 0.1) is 19.1 Å². The number of aromatic amines is 1. The van der Waals surface area contributed by atoms with Gasteiger partial charge in [0.25, 0.3) is 5.56 Å². The van der Waals surface area contributed by atoms with Crippen LogP contribution in [0.4, 0.5) is 0 Å². The van der Waals surface area contributed by atoms with Crippen molar-refractivity contribution in [2.75, 3.05) is 7.11 Å². The van der Waals surface area contributed by atoms with Gasteiger partial charge in [0.2, 0.25) is 0 Å². The van der Waals surface area contributed by atoms with E-state index in [1.807, 2.05) is 17.5 Å². The standard InChI is InChI=1S/C14H15NO4S/c1-8-6-10(16)13(14(18)15-8)9(7-12(17)19-2)11-4-3-5-20-11/h3-6,9H,7H2,1-2H3,(H2,15,16,18). The van der Waals surface area contributed by atoms with E-state index in [1.165, 1.54) is 24.5 Å². The summed E-state index contributed by atoms with van der Waals surface area (Å²) in [6.07, 6.45) is 0.0106. The lowest BCUT2D eigenvalue weighted by molar-refractivity contribution is -0.140. The Balaban J connectivity index is 2.52. The maximum Gasteiger partial charge on any atom is 0.306 e. The van der Waals surface area contributed by atoms with Crippen LogP contribution < -0.4 is 5.56 Å². The molecule has 2 rings (SSSR count). The van der Waals surface area contributed by atoms with Gasteiger partial charge in [0.1, 0.15) is 5.75 Å². The van der Waals surface area contributed by atoms with E-state index in [-0.39, 0.29) is 23.3 Å². The van der Waals surface area contributed by atoms with Crippen molar-refractivity contribution in [2.24, 2.45) is 0 Å². The zero-order valence-electron chi connectivity index (χ0n) is 11.2. The number of ether oxygens (including phenoxy) is 1. The number of aromatic nitrogens is 1. The van der Waals surface area contributed by atoms with Gasteiger partial charge < -0.3 is 14.8 Å². The first-order valence-corrected chi connectivity index (χ1v) is 6.94. The van der Waals surface area contributed by atoms with E-state index >= 15 is 0 Å². The Hall–Kier alpha value is -2.08. The third-order valence-electron chi connectivity index (χ3n) is 3.02. The zero-order valence-corrected chi connectivity index (χ0v) is 12.0. The number of aromatic hydroxyl groups is 1. The van der Waals surface area contributed by atoms with Crippen LogP contribution in [0.25, 0.3) is 0 Å². The van der Waals surface area contributed by atoms with E-state index in [2.05, 4.69) is 9.72 Å². The first-order valence-electron chi connectivity index (χ1n) is 6.06. The molecule has 0 spiro atoms. The highest BCUT2D eigenvalue weighted by Gasteiger charge is 2.25. The number of hydrogen-bond donors (Lipinski definition) is 2. The number of aryl methyl sites for hydroxylation is 1. The number of thiophene rings is 1. The van der Waals surface area contributed by atoms with Crippen molar-refractivity contribution in [2.45, 2.75) is 19.3 Å².